The Bertz CT molecular complexity index is 670. The first-order valence-corrected chi connectivity index (χ1v) is 8.01. The predicted molar refractivity (Wildman–Crippen MR) is 94.4 cm³/mol. The second kappa shape index (κ2) is 7.36. The second-order valence-corrected chi connectivity index (χ2v) is 6.31. The zero-order valence-electron chi connectivity index (χ0n) is 13.1. The van der Waals surface area contributed by atoms with Gasteiger partial charge in [0.1, 0.15) is 5.75 Å². The molecule has 0 radical (unpaired) electrons. The van der Waals surface area contributed by atoms with Crippen molar-refractivity contribution >= 4 is 23.2 Å². The van der Waals surface area contributed by atoms with Crippen molar-refractivity contribution in [1.29, 1.82) is 0 Å². The van der Waals surface area contributed by atoms with E-state index in [1.165, 1.54) is 11.1 Å². The van der Waals surface area contributed by atoms with Crippen LogP contribution in [0.3, 0.4) is 0 Å². The van der Waals surface area contributed by atoms with E-state index in [1.807, 2.05) is 12.1 Å². The topological polar surface area (TPSA) is 35.2 Å². The zero-order chi connectivity index (χ0) is 16.3. The number of hydrogen-bond acceptors (Lipinski definition) is 2. The molecule has 0 aliphatic heterocycles. The SMILES string of the molecule is COc1cc(C)c(C)cc1C(CN)Cc1cccc(Cl)c1Cl. The van der Waals surface area contributed by atoms with Gasteiger partial charge in [0.05, 0.1) is 17.2 Å². The van der Waals surface area contributed by atoms with Crippen LogP contribution in [0.25, 0.3) is 0 Å². The smallest absolute Gasteiger partial charge is 0.122 e. The minimum Gasteiger partial charge on any atom is -0.496 e. The van der Waals surface area contributed by atoms with Crippen LogP contribution in [-0.2, 0) is 6.42 Å². The third kappa shape index (κ3) is 3.57. The highest BCUT2D eigenvalue weighted by atomic mass is 35.5. The molecule has 0 aliphatic rings. The Labute approximate surface area is 142 Å². The number of benzene rings is 2. The fourth-order valence-corrected chi connectivity index (χ4v) is 3.00. The summed E-state index contributed by atoms with van der Waals surface area (Å²) in [6.07, 6.45) is 0.731. The number of methoxy groups -OCH3 is 1. The molecule has 0 saturated heterocycles. The van der Waals surface area contributed by atoms with Gasteiger partial charge in [0.25, 0.3) is 0 Å². The van der Waals surface area contributed by atoms with Crippen molar-refractivity contribution in [3.05, 3.63) is 62.6 Å². The van der Waals surface area contributed by atoms with Gasteiger partial charge in [0, 0.05) is 5.92 Å². The lowest BCUT2D eigenvalue weighted by Crippen LogP contribution is -2.16. The molecule has 0 spiro atoms. The van der Waals surface area contributed by atoms with Crippen molar-refractivity contribution in [2.24, 2.45) is 5.73 Å². The second-order valence-electron chi connectivity index (χ2n) is 5.53. The van der Waals surface area contributed by atoms with Crippen LogP contribution in [0.4, 0.5) is 0 Å². The lowest BCUT2D eigenvalue weighted by molar-refractivity contribution is 0.404. The van der Waals surface area contributed by atoms with E-state index in [9.17, 15) is 0 Å². The Kier molecular flexibility index (Phi) is 5.74. The number of rotatable bonds is 5. The average molecular weight is 338 g/mol. The Balaban J connectivity index is 2.40. The molecule has 4 heteroatoms. The molecule has 118 valence electrons. The van der Waals surface area contributed by atoms with Gasteiger partial charge in [-0.3, -0.25) is 0 Å². The molecular formula is C18H21Cl2NO. The molecule has 0 heterocycles. The average Bonchev–Trinajstić information content (AvgIpc) is 2.51. The van der Waals surface area contributed by atoms with E-state index in [1.54, 1.807) is 13.2 Å². The molecule has 1 unspecified atom stereocenters. The van der Waals surface area contributed by atoms with Crippen molar-refractivity contribution < 1.29 is 4.74 Å². The first-order valence-electron chi connectivity index (χ1n) is 7.26. The quantitative estimate of drug-likeness (QED) is 0.841. The van der Waals surface area contributed by atoms with Gasteiger partial charge in [0.15, 0.2) is 0 Å². The van der Waals surface area contributed by atoms with Crippen LogP contribution in [0.1, 0.15) is 28.2 Å². The van der Waals surface area contributed by atoms with Crippen molar-refractivity contribution in [2.45, 2.75) is 26.2 Å². The Hall–Kier alpha value is -1.22. The number of halogens is 2. The van der Waals surface area contributed by atoms with Crippen LogP contribution in [0, 0.1) is 13.8 Å². The summed E-state index contributed by atoms with van der Waals surface area (Å²) < 4.78 is 5.54. The summed E-state index contributed by atoms with van der Waals surface area (Å²) in [7, 11) is 1.69. The molecule has 1 atom stereocenters. The van der Waals surface area contributed by atoms with E-state index < -0.39 is 0 Å². The van der Waals surface area contributed by atoms with E-state index in [4.69, 9.17) is 33.7 Å². The Morgan fingerprint density at radius 2 is 1.82 bits per heavy atom. The number of aryl methyl sites for hydroxylation is 2. The molecule has 22 heavy (non-hydrogen) atoms. The van der Waals surface area contributed by atoms with Crippen molar-refractivity contribution in [1.82, 2.24) is 0 Å². The maximum Gasteiger partial charge on any atom is 0.122 e. The van der Waals surface area contributed by atoms with Crippen LogP contribution in [-0.4, -0.2) is 13.7 Å². The normalized spacial score (nSPS) is 12.3. The number of nitrogens with two attached hydrogens (primary N) is 1. The first kappa shape index (κ1) is 17.1. The minimum absolute atomic E-state index is 0.130. The van der Waals surface area contributed by atoms with Crippen LogP contribution >= 0.6 is 23.2 Å². The van der Waals surface area contributed by atoms with Gasteiger partial charge >= 0.3 is 0 Å². The van der Waals surface area contributed by atoms with E-state index in [2.05, 4.69) is 26.0 Å². The summed E-state index contributed by atoms with van der Waals surface area (Å²) >= 11 is 12.4. The van der Waals surface area contributed by atoms with Crippen LogP contribution in [0.15, 0.2) is 30.3 Å². The highest BCUT2D eigenvalue weighted by Gasteiger charge is 2.18. The first-order chi connectivity index (χ1) is 10.5. The molecule has 2 nitrogen and oxygen atoms in total. The van der Waals surface area contributed by atoms with Gasteiger partial charge in [-0.1, -0.05) is 41.4 Å². The highest BCUT2D eigenvalue weighted by Crippen LogP contribution is 2.34. The molecular weight excluding hydrogens is 317 g/mol. The molecule has 2 rings (SSSR count). The Morgan fingerprint density at radius 3 is 2.45 bits per heavy atom. The summed E-state index contributed by atoms with van der Waals surface area (Å²) in [5, 5.41) is 1.17. The lowest BCUT2D eigenvalue weighted by atomic mass is 9.89. The van der Waals surface area contributed by atoms with E-state index >= 15 is 0 Å². The lowest BCUT2D eigenvalue weighted by Gasteiger charge is -2.21. The fourth-order valence-electron chi connectivity index (χ4n) is 2.60. The molecule has 2 aromatic rings. The monoisotopic (exact) mass is 337 g/mol. The minimum atomic E-state index is 0.130. The summed E-state index contributed by atoms with van der Waals surface area (Å²) in [5.41, 5.74) is 10.6. The summed E-state index contributed by atoms with van der Waals surface area (Å²) in [6, 6.07) is 9.91. The molecule has 0 fully saturated rings. The predicted octanol–water partition coefficient (Wildman–Crippen LogP) is 4.90. The molecule has 0 amide bonds. The van der Waals surface area contributed by atoms with Crippen molar-refractivity contribution in [2.75, 3.05) is 13.7 Å². The maximum absolute atomic E-state index is 6.31. The molecule has 0 aliphatic carbocycles. The van der Waals surface area contributed by atoms with Gasteiger partial charge in [-0.05, 0) is 61.2 Å². The molecule has 0 saturated carbocycles. The summed E-state index contributed by atoms with van der Waals surface area (Å²) in [6.45, 7) is 4.69. The van der Waals surface area contributed by atoms with Gasteiger partial charge in [0.2, 0.25) is 0 Å². The standard InChI is InChI=1S/C18H21Cl2NO/c1-11-7-15(17(22-3)8-12(11)2)14(10-21)9-13-5-4-6-16(19)18(13)20/h4-8,14H,9-10,21H2,1-3H3. The molecule has 2 aromatic carbocycles. The van der Waals surface area contributed by atoms with Crippen molar-refractivity contribution in [3.63, 3.8) is 0 Å². The Morgan fingerprint density at radius 1 is 1.14 bits per heavy atom. The number of ether oxygens (including phenoxy) is 1. The van der Waals surface area contributed by atoms with Gasteiger partial charge in [-0.15, -0.1) is 0 Å². The number of hydrogen-bond donors (Lipinski definition) is 1. The molecule has 2 N–H and O–H groups in total. The zero-order valence-corrected chi connectivity index (χ0v) is 14.6. The van der Waals surface area contributed by atoms with E-state index in [-0.39, 0.29) is 5.92 Å². The van der Waals surface area contributed by atoms with Crippen LogP contribution in [0.2, 0.25) is 10.0 Å². The van der Waals surface area contributed by atoms with Gasteiger partial charge in [-0.2, -0.15) is 0 Å². The van der Waals surface area contributed by atoms with Crippen LogP contribution < -0.4 is 10.5 Å². The van der Waals surface area contributed by atoms with Gasteiger partial charge in [-0.25, -0.2) is 0 Å². The van der Waals surface area contributed by atoms with Crippen LogP contribution in [0.5, 0.6) is 5.75 Å². The third-order valence-corrected chi connectivity index (χ3v) is 4.93. The van der Waals surface area contributed by atoms with Crippen molar-refractivity contribution in [3.8, 4) is 5.75 Å². The highest BCUT2D eigenvalue weighted by molar-refractivity contribution is 6.42. The van der Waals surface area contributed by atoms with Gasteiger partial charge < -0.3 is 10.5 Å². The third-order valence-electron chi connectivity index (χ3n) is 4.07. The van der Waals surface area contributed by atoms with E-state index in [0.717, 1.165) is 23.3 Å². The van der Waals surface area contributed by atoms with E-state index in [0.29, 0.717) is 16.6 Å². The molecule has 0 aromatic heterocycles. The summed E-state index contributed by atoms with van der Waals surface area (Å²) in [4.78, 5) is 0. The summed E-state index contributed by atoms with van der Waals surface area (Å²) in [5.74, 6) is 1.00. The largest absolute Gasteiger partial charge is 0.496 e. The molecule has 0 bridgehead atoms. The maximum atomic E-state index is 6.31. The fraction of sp³-hybridized carbons (Fsp3) is 0.333.